The minimum atomic E-state index is 0.929. The number of aliphatic imine (C=N–C) groups is 1. The molecule has 1 aliphatic rings. The monoisotopic (exact) mass is 291 g/mol. The number of nitrogens with zero attached hydrogens (tertiary/aromatic N) is 3. The second kappa shape index (κ2) is 4.90. The number of para-hydroxylation sites is 1. The summed E-state index contributed by atoms with van der Waals surface area (Å²) in [5.74, 6) is 1.87. The molecule has 0 radical (unpaired) electrons. The van der Waals surface area contributed by atoms with Gasteiger partial charge in [0.05, 0.1) is 5.69 Å². The molecule has 0 spiro atoms. The largest absolute Gasteiger partial charge is 0.288 e. The smallest absolute Gasteiger partial charge is 0.147 e. The van der Waals surface area contributed by atoms with Gasteiger partial charge in [-0.25, -0.2) is 9.98 Å². The van der Waals surface area contributed by atoms with Gasteiger partial charge in [0, 0.05) is 27.7 Å². The maximum absolute atomic E-state index is 4.90. The van der Waals surface area contributed by atoms with Crippen molar-refractivity contribution in [2.24, 2.45) is 4.99 Å². The van der Waals surface area contributed by atoms with E-state index in [1.807, 2.05) is 30.0 Å². The molecule has 2 heterocycles. The average Bonchev–Trinajstić information content (AvgIpc) is 2.85. The fraction of sp³-hybridized carbons (Fsp3) is 0.0588. The summed E-state index contributed by atoms with van der Waals surface area (Å²) in [4.78, 5) is 11.6. The Bertz CT molecular complexity index is 849. The van der Waals surface area contributed by atoms with Gasteiger partial charge in [-0.1, -0.05) is 42.1 Å². The summed E-state index contributed by atoms with van der Waals surface area (Å²) >= 11 is 1.76. The Morgan fingerprint density at radius 3 is 2.52 bits per heavy atom. The minimum absolute atomic E-state index is 0.929. The van der Waals surface area contributed by atoms with Gasteiger partial charge in [0.15, 0.2) is 0 Å². The van der Waals surface area contributed by atoms with Crippen LogP contribution in [0, 0.1) is 6.92 Å². The van der Waals surface area contributed by atoms with E-state index >= 15 is 0 Å². The van der Waals surface area contributed by atoms with Crippen molar-refractivity contribution in [2.45, 2.75) is 16.7 Å². The summed E-state index contributed by atoms with van der Waals surface area (Å²) in [7, 11) is 0. The van der Waals surface area contributed by atoms with Crippen molar-refractivity contribution in [3.63, 3.8) is 0 Å². The van der Waals surface area contributed by atoms with Crippen LogP contribution in [0.4, 0.5) is 5.69 Å². The van der Waals surface area contributed by atoms with E-state index in [0.717, 1.165) is 22.9 Å². The van der Waals surface area contributed by atoms with Crippen LogP contribution >= 0.6 is 11.8 Å². The van der Waals surface area contributed by atoms with Gasteiger partial charge >= 0.3 is 0 Å². The molecule has 0 N–H and O–H groups in total. The standard InChI is InChI=1S/C17H13N3S/c1-12-18-10-11-20(12)17-13-6-2-4-8-15(13)21-16-9-5-3-7-14(16)19-17/h2-11H,1H3. The number of hydrogen-bond acceptors (Lipinski definition) is 3. The molecule has 0 unspecified atom stereocenters. The summed E-state index contributed by atoms with van der Waals surface area (Å²) in [6.07, 6.45) is 3.77. The molecule has 0 amide bonds. The normalized spacial score (nSPS) is 13.1. The van der Waals surface area contributed by atoms with Crippen LogP contribution in [0.3, 0.4) is 0 Å². The molecule has 0 saturated carbocycles. The predicted molar refractivity (Wildman–Crippen MR) is 85.6 cm³/mol. The fourth-order valence-electron chi connectivity index (χ4n) is 2.45. The molecule has 3 nitrogen and oxygen atoms in total. The zero-order valence-corrected chi connectivity index (χ0v) is 12.3. The Kier molecular flexibility index (Phi) is 2.89. The topological polar surface area (TPSA) is 30.2 Å². The molecular weight excluding hydrogens is 278 g/mol. The van der Waals surface area contributed by atoms with Crippen molar-refractivity contribution in [3.05, 3.63) is 72.3 Å². The van der Waals surface area contributed by atoms with Gasteiger partial charge in [0.2, 0.25) is 0 Å². The first-order chi connectivity index (χ1) is 10.3. The Labute approximate surface area is 127 Å². The van der Waals surface area contributed by atoms with E-state index < -0.39 is 0 Å². The fourth-order valence-corrected chi connectivity index (χ4v) is 3.47. The lowest BCUT2D eigenvalue weighted by Gasteiger charge is -2.10. The maximum Gasteiger partial charge on any atom is 0.147 e. The molecular formula is C17H13N3S. The molecule has 4 heteroatoms. The molecule has 4 rings (SSSR count). The van der Waals surface area contributed by atoms with Crippen LogP contribution in [-0.2, 0) is 0 Å². The first-order valence-corrected chi connectivity index (χ1v) is 7.60. The van der Waals surface area contributed by atoms with Crippen LogP contribution in [0.25, 0.3) is 0 Å². The molecule has 21 heavy (non-hydrogen) atoms. The van der Waals surface area contributed by atoms with Gasteiger partial charge < -0.3 is 0 Å². The van der Waals surface area contributed by atoms with Crippen LogP contribution in [0.15, 0.2) is 75.7 Å². The number of fused-ring (bicyclic) bond motifs is 2. The molecule has 1 aliphatic heterocycles. The van der Waals surface area contributed by atoms with Gasteiger partial charge in [-0.15, -0.1) is 0 Å². The lowest BCUT2D eigenvalue weighted by Crippen LogP contribution is -2.14. The number of imidazole rings is 1. The number of benzene rings is 2. The summed E-state index contributed by atoms with van der Waals surface area (Å²) < 4.78 is 2.04. The van der Waals surface area contributed by atoms with E-state index in [0.29, 0.717) is 0 Å². The molecule has 0 bridgehead atoms. The lowest BCUT2D eigenvalue weighted by molar-refractivity contribution is 1.02. The van der Waals surface area contributed by atoms with Gasteiger partial charge in [-0.05, 0) is 25.1 Å². The van der Waals surface area contributed by atoms with Crippen LogP contribution in [0.5, 0.6) is 0 Å². The average molecular weight is 291 g/mol. The summed E-state index contributed by atoms with van der Waals surface area (Å²) in [5.41, 5.74) is 2.14. The van der Waals surface area contributed by atoms with Crippen molar-refractivity contribution in [3.8, 4) is 0 Å². The van der Waals surface area contributed by atoms with E-state index in [2.05, 4.69) is 47.4 Å². The van der Waals surface area contributed by atoms with Gasteiger partial charge in [-0.3, -0.25) is 4.57 Å². The summed E-state index contributed by atoms with van der Waals surface area (Å²) in [6, 6.07) is 16.6. The second-order valence-electron chi connectivity index (χ2n) is 4.85. The number of aryl methyl sites for hydroxylation is 1. The third-order valence-corrected chi connectivity index (χ3v) is 4.63. The predicted octanol–water partition coefficient (Wildman–Crippen LogP) is 4.28. The van der Waals surface area contributed by atoms with Crippen molar-refractivity contribution < 1.29 is 0 Å². The van der Waals surface area contributed by atoms with Crippen LogP contribution in [0.1, 0.15) is 11.4 Å². The number of aromatic nitrogens is 2. The summed E-state index contributed by atoms with van der Waals surface area (Å²) in [6.45, 7) is 2.00. The van der Waals surface area contributed by atoms with Crippen LogP contribution in [-0.4, -0.2) is 15.4 Å². The van der Waals surface area contributed by atoms with Gasteiger partial charge in [-0.2, -0.15) is 0 Å². The van der Waals surface area contributed by atoms with E-state index in [-0.39, 0.29) is 0 Å². The lowest BCUT2D eigenvalue weighted by atomic mass is 10.2. The molecule has 3 aromatic rings. The molecule has 0 atom stereocenters. The minimum Gasteiger partial charge on any atom is -0.288 e. The maximum atomic E-state index is 4.90. The Balaban J connectivity index is 2.03. The molecule has 1 aromatic heterocycles. The Morgan fingerprint density at radius 1 is 0.952 bits per heavy atom. The summed E-state index contributed by atoms with van der Waals surface area (Å²) in [5, 5.41) is 0. The molecule has 0 aliphatic carbocycles. The van der Waals surface area contributed by atoms with E-state index in [1.54, 1.807) is 11.8 Å². The zero-order chi connectivity index (χ0) is 14.2. The third-order valence-electron chi connectivity index (χ3n) is 3.49. The first kappa shape index (κ1) is 12.4. The molecule has 2 aromatic carbocycles. The van der Waals surface area contributed by atoms with Crippen molar-refractivity contribution in [2.75, 3.05) is 0 Å². The highest BCUT2D eigenvalue weighted by Gasteiger charge is 2.18. The molecule has 0 fully saturated rings. The van der Waals surface area contributed by atoms with Gasteiger partial charge in [0.1, 0.15) is 11.7 Å². The highest BCUT2D eigenvalue weighted by atomic mass is 32.2. The van der Waals surface area contributed by atoms with Crippen LogP contribution < -0.4 is 0 Å². The van der Waals surface area contributed by atoms with E-state index in [4.69, 9.17) is 4.99 Å². The van der Waals surface area contributed by atoms with Crippen molar-refractivity contribution in [1.82, 2.24) is 9.55 Å². The van der Waals surface area contributed by atoms with Crippen molar-refractivity contribution in [1.29, 1.82) is 0 Å². The van der Waals surface area contributed by atoms with E-state index in [9.17, 15) is 0 Å². The molecule has 102 valence electrons. The SMILES string of the molecule is Cc1nccn1C1=Nc2ccccc2Sc2ccccc21. The Morgan fingerprint density at radius 2 is 1.71 bits per heavy atom. The second-order valence-corrected chi connectivity index (χ2v) is 5.93. The quantitative estimate of drug-likeness (QED) is 0.484. The number of hydrogen-bond donors (Lipinski definition) is 0. The highest BCUT2D eigenvalue weighted by Crippen LogP contribution is 2.40. The van der Waals surface area contributed by atoms with E-state index in [1.165, 1.54) is 9.79 Å². The number of rotatable bonds is 0. The first-order valence-electron chi connectivity index (χ1n) is 6.78. The van der Waals surface area contributed by atoms with Crippen molar-refractivity contribution >= 4 is 23.3 Å². The highest BCUT2D eigenvalue weighted by molar-refractivity contribution is 7.99. The van der Waals surface area contributed by atoms with Crippen LogP contribution in [0.2, 0.25) is 0 Å². The Hall–Kier alpha value is -2.33. The third kappa shape index (κ3) is 2.08. The van der Waals surface area contributed by atoms with Gasteiger partial charge in [0.25, 0.3) is 0 Å². The molecule has 0 saturated heterocycles. The zero-order valence-electron chi connectivity index (χ0n) is 11.5.